The lowest BCUT2D eigenvalue weighted by Gasteiger charge is -2.11. The largest absolute Gasteiger partial charge is 0.493 e. The average molecular weight is 237 g/mol. The maximum atomic E-state index is 5.70. The van der Waals surface area contributed by atoms with Gasteiger partial charge in [0.05, 0.1) is 13.7 Å². The Balaban J connectivity index is 2.22. The van der Waals surface area contributed by atoms with Crippen molar-refractivity contribution in [2.24, 2.45) is 0 Å². The highest BCUT2D eigenvalue weighted by Gasteiger charge is 2.02. The smallest absolute Gasteiger partial charge is 0.161 e. The highest BCUT2D eigenvalue weighted by atomic mass is 16.5. The lowest BCUT2D eigenvalue weighted by molar-refractivity contribution is 0.283. The van der Waals surface area contributed by atoms with Crippen LogP contribution in [0.15, 0.2) is 24.3 Å². The molecule has 0 spiro atoms. The van der Waals surface area contributed by atoms with E-state index in [0.717, 1.165) is 24.5 Å². The molecule has 96 valence electrons. The Hall–Kier alpha value is -1.22. The van der Waals surface area contributed by atoms with Crippen molar-refractivity contribution >= 4 is 0 Å². The van der Waals surface area contributed by atoms with E-state index in [0.29, 0.717) is 6.04 Å². The van der Waals surface area contributed by atoms with Crippen LogP contribution < -0.4 is 14.8 Å². The summed E-state index contributed by atoms with van der Waals surface area (Å²) < 4.78 is 10.9. The fraction of sp³-hybridized carbons (Fsp3) is 0.571. The van der Waals surface area contributed by atoms with Crippen LogP contribution in [0.25, 0.3) is 0 Å². The van der Waals surface area contributed by atoms with E-state index in [1.165, 1.54) is 12.8 Å². The Morgan fingerprint density at radius 1 is 1.18 bits per heavy atom. The molecule has 0 saturated carbocycles. The summed E-state index contributed by atoms with van der Waals surface area (Å²) in [6.07, 6.45) is 3.44. The van der Waals surface area contributed by atoms with Gasteiger partial charge in [-0.3, -0.25) is 0 Å². The first kappa shape index (κ1) is 13.8. The van der Waals surface area contributed by atoms with Gasteiger partial charge in [-0.1, -0.05) is 12.1 Å². The molecule has 1 aromatic carbocycles. The fourth-order valence-corrected chi connectivity index (χ4v) is 1.62. The topological polar surface area (TPSA) is 30.5 Å². The summed E-state index contributed by atoms with van der Waals surface area (Å²) in [6, 6.07) is 8.34. The van der Waals surface area contributed by atoms with E-state index in [9.17, 15) is 0 Å². The highest BCUT2D eigenvalue weighted by molar-refractivity contribution is 5.39. The molecule has 0 aliphatic carbocycles. The van der Waals surface area contributed by atoms with Crippen molar-refractivity contribution in [1.82, 2.24) is 5.32 Å². The Bertz CT molecular complexity index is 315. The number of hydrogen-bond donors (Lipinski definition) is 1. The van der Waals surface area contributed by atoms with E-state index in [-0.39, 0.29) is 0 Å². The van der Waals surface area contributed by atoms with E-state index in [2.05, 4.69) is 12.2 Å². The first-order valence-corrected chi connectivity index (χ1v) is 6.21. The standard InChI is InChI=1S/C14H23NO2/c1-12(15-2)8-6-7-11-17-14-10-5-4-9-13(14)16-3/h4-5,9-10,12,15H,6-8,11H2,1-3H3. The van der Waals surface area contributed by atoms with Crippen molar-refractivity contribution < 1.29 is 9.47 Å². The molecule has 1 rings (SSSR count). The van der Waals surface area contributed by atoms with Gasteiger partial charge in [-0.05, 0) is 45.4 Å². The highest BCUT2D eigenvalue weighted by Crippen LogP contribution is 2.25. The van der Waals surface area contributed by atoms with Gasteiger partial charge in [0.2, 0.25) is 0 Å². The second-order valence-electron chi connectivity index (χ2n) is 4.18. The van der Waals surface area contributed by atoms with Gasteiger partial charge in [-0.2, -0.15) is 0 Å². The summed E-state index contributed by atoms with van der Waals surface area (Å²) in [5.41, 5.74) is 0. The van der Waals surface area contributed by atoms with E-state index >= 15 is 0 Å². The van der Waals surface area contributed by atoms with Gasteiger partial charge >= 0.3 is 0 Å². The number of rotatable bonds is 8. The molecule has 0 amide bonds. The average Bonchev–Trinajstić information content (AvgIpc) is 2.38. The predicted octanol–water partition coefficient (Wildman–Crippen LogP) is 2.85. The van der Waals surface area contributed by atoms with Gasteiger partial charge in [-0.25, -0.2) is 0 Å². The van der Waals surface area contributed by atoms with E-state index < -0.39 is 0 Å². The zero-order chi connectivity index (χ0) is 12.5. The van der Waals surface area contributed by atoms with Crippen LogP contribution >= 0.6 is 0 Å². The van der Waals surface area contributed by atoms with Crippen LogP contribution in [0, 0.1) is 0 Å². The second kappa shape index (κ2) is 7.96. The van der Waals surface area contributed by atoms with Crippen LogP contribution in [0.4, 0.5) is 0 Å². The van der Waals surface area contributed by atoms with Crippen molar-refractivity contribution in [2.45, 2.75) is 32.2 Å². The van der Waals surface area contributed by atoms with Crippen LogP contribution in [0.2, 0.25) is 0 Å². The Morgan fingerprint density at radius 3 is 2.53 bits per heavy atom. The molecule has 0 fully saturated rings. The molecule has 3 nitrogen and oxygen atoms in total. The van der Waals surface area contributed by atoms with Crippen LogP contribution in [-0.4, -0.2) is 26.8 Å². The predicted molar refractivity (Wildman–Crippen MR) is 70.9 cm³/mol. The zero-order valence-electron chi connectivity index (χ0n) is 11.0. The maximum absolute atomic E-state index is 5.70. The molecule has 0 bridgehead atoms. The molecule has 0 aliphatic rings. The summed E-state index contributed by atoms with van der Waals surface area (Å²) in [7, 11) is 3.66. The summed E-state index contributed by atoms with van der Waals surface area (Å²) in [5, 5.41) is 3.23. The first-order chi connectivity index (χ1) is 8.27. The van der Waals surface area contributed by atoms with Gasteiger partial charge < -0.3 is 14.8 Å². The van der Waals surface area contributed by atoms with Gasteiger partial charge in [-0.15, -0.1) is 0 Å². The summed E-state index contributed by atoms with van der Waals surface area (Å²) in [5.74, 6) is 1.63. The molecule has 0 aromatic heterocycles. The number of unbranched alkanes of at least 4 members (excludes halogenated alkanes) is 1. The Kier molecular flexibility index (Phi) is 6.48. The van der Waals surface area contributed by atoms with Crippen LogP contribution in [-0.2, 0) is 0 Å². The number of methoxy groups -OCH3 is 1. The van der Waals surface area contributed by atoms with Crippen LogP contribution in [0.1, 0.15) is 26.2 Å². The third-order valence-electron chi connectivity index (χ3n) is 2.85. The lowest BCUT2D eigenvalue weighted by atomic mass is 10.1. The molecule has 3 heteroatoms. The quantitative estimate of drug-likeness (QED) is 0.705. The molecule has 0 heterocycles. The summed E-state index contributed by atoms with van der Waals surface area (Å²) in [6.45, 7) is 2.94. The zero-order valence-corrected chi connectivity index (χ0v) is 11.0. The minimum absolute atomic E-state index is 0.585. The molecule has 1 atom stereocenters. The summed E-state index contributed by atoms with van der Waals surface area (Å²) in [4.78, 5) is 0. The maximum Gasteiger partial charge on any atom is 0.161 e. The molecule has 0 saturated heterocycles. The van der Waals surface area contributed by atoms with Crippen molar-refractivity contribution in [3.8, 4) is 11.5 Å². The molecule has 1 N–H and O–H groups in total. The summed E-state index contributed by atoms with van der Waals surface area (Å²) >= 11 is 0. The Morgan fingerprint density at radius 2 is 1.88 bits per heavy atom. The van der Waals surface area contributed by atoms with E-state index in [1.807, 2.05) is 31.3 Å². The molecule has 1 unspecified atom stereocenters. The minimum Gasteiger partial charge on any atom is -0.493 e. The molecular weight excluding hydrogens is 214 g/mol. The second-order valence-corrected chi connectivity index (χ2v) is 4.18. The SMILES string of the molecule is CNC(C)CCCCOc1ccccc1OC. The molecule has 17 heavy (non-hydrogen) atoms. The normalized spacial score (nSPS) is 12.2. The number of benzene rings is 1. The number of hydrogen-bond acceptors (Lipinski definition) is 3. The molecule has 0 aliphatic heterocycles. The number of ether oxygens (including phenoxy) is 2. The van der Waals surface area contributed by atoms with E-state index in [1.54, 1.807) is 7.11 Å². The molecule has 0 radical (unpaired) electrons. The molecular formula is C14H23NO2. The van der Waals surface area contributed by atoms with Crippen molar-refractivity contribution in [1.29, 1.82) is 0 Å². The van der Waals surface area contributed by atoms with E-state index in [4.69, 9.17) is 9.47 Å². The Labute approximate surface area is 104 Å². The number of para-hydroxylation sites is 2. The van der Waals surface area contributed by atoms with Crippen molar-refractivity contribution in [3.63, 3.8) is 0 Å². The first-order valence-electron chi connectivity index (χ1n) is 6.21. The van der Waals surface area contributed by atoms with Gasteiger partial charge in [0, 0.05) is 6.04 Å². The van der Waals surface area contributed by atoms with Crippen LogP contribution in [0.5, 0.6) is 11.5 Å². The fourth-order valence-electron chi connectivity index (χ4n) is 1.62. The molecule has 1 aromatic rings. The minimum atomic E-state index is 0.585. The van der Waals surface area contributed by atoms with Gasteiger partial charge in [0.1, 0.15) is 0 Å². The monoisotopic (exact) mass is 237 g/mol. The third kappa shape index (κ3) is 5.09. The van der Waals surface area contributed by atoms with Crippen molar-refractivity contribution in [2.75, 3.05) is 20.8 Å². The van der Waals surface area contributed by atoms with Gasteiger partial charge in [0.25, 0.3) is 0 Å². The van der Waals surface area contributed by atoms with Crippen LogP contribution in [0.3, 0.4) is 0 Å². The third-order valence-corrected chi connectivity index (χ3v) is 2.85. The lowest BCUT2D eigenvalue weighted by Crippen LogP contribution is -2.20. The van der Waals surface area contributed by atoms with Gasteiger partial charge in [0.15, 0.2) is 11.5 Å². The number of nitrogens with one attached hydrogen (secondary N) is 1. The van der Waals surface area contributed by atoms with Crippen molar-refractivity contribution in [3.05, 3.63) is 24.3 Å².